The summed E-state index contributed by atoms with van der Waals surface area (Å²) in [6, 6.07) is 6.10. The fourth-order valence-corrected chi connectivity index (χ4v) is 3.40. The number of nitrogens with zero attached hydrogens (tertiary/aromatic N) is 2. The molecule has 0 aromatic heterocycles. The van der Waals surface area contributed by atoms with Gasteiger partial charge in [0.15, 0.2) is 17.5 Å². The molecule has 160 valence electrons. The van der Waals surface area contributed by atoms with Crippen LogP contribution >= 0.6 is 24.0 Å². The van der Waals surface area contributed by atoms with Gasteiger partial charge in [-0.25, -0.2) is 0 Å². The minimum atomic E-state index is -0.0793. The van der Waals surface area contributed by atoms with Crippen molar-refractivity contribution in [3.8, 4) is 11.5 Å². The number of aliphatic imine (C=N–C) groups is 1. The molecular formula is C21H37IN4O2. The Morgan fingerprint density at radius 2 is 1.75 bits per heavy atom. The zero-order valence-corrected chi connectivity index (χ0v) is 20.3. The van der Waals surface area contributed by atoms with E-state index in [0.717, 1.165) is 37.1 Å². The molecule has 0 aliphatic carbocycles. The summed E-state index contributed by atoms with van der Waals surface area (Å²) >= 11 is 0. The van der Waals surface area contributed by atoms with E-state index in [4.69, 9.17) is 9.47 Å². The van der Waals surface area contributed by atoms with Crippen LogP contribution in [0.2, 0.25) is 0 Å². The molecule has 1 heterocycles. The minimum absolute atomic E-state index is 0. The standard InChI is InChI=1S/C21H36N4O2.HI/c1-21(2,17-9-10-18(26-4)19(15-17)27-5)16-24-20(22-3)23-11-14-25-12-7-6-8-13-25;/h9-10,15H,6-8,11-14,16H2,1-5H3,(H2,22,23,24);1H. The Balaban J connectivity index is 0.00000392. The number of methoxy groups -OCH3 is 2. The zero-order chi connectivity index (χ0) is 19.7. The highest BCUT2D eigenvalue weighted by atomic mass is 127. The molecule has 0 radical (unpaired) electrons. The molecule has 1 aliphatic rings. The molecule has 28 heavy (non-hydrogen) atoms. The fraction of sp³-hybridized carbons (Fsp3) is 0.667. The molecule has 1 saturated heterocycles. The molecule has 1 aliphatic heterocycles. The average molecular weight is 504 g/mol. The van der Waals surface area contributed by atoms with Gasteiger partial charge in [0.2, 0.25) is 0 Å². The summed E-state index contributed by atoms with van der Waals surface area (Å²) < 4.78 is 10.8. The summed E-state index contributed by atoms with van der Waals surface area (Å²) in [5.74, 6) is 2.35. The fourth-order valence-electron chi connectivity index (χ4n) is 3.40. The molecule has 1 aromatic carbocycles. The van der Waals surface area contributed by atoms with Crippen molar-refractivity contribution in [1.29, 1.82) is 0 Å². The number of rotatable bonds is 8. The number of halogens is 1. The van der Waals surface area contributed by atoms with Gasteiger partial charge in [-0.05, 0) is 43.6 Å². The number of piperidine rings is 1. The van der Waals surface area contributed by atoms with Crippen LogP contribution in [-0.2, 0) is 5.41 Å². The van der Waals surface area contributed by atoms with Crippen molar-refractivity contribution in [2.75, 3.05) is 54.0 Å². The summed E-state index contributed by atoms with van der Waals surface area (Å²) in [6.07, 6.45) is 4.03. The highest BCUT2D eigenvalue weighted by Gasteiger charge is 2.22. The second-order valence-corrected chi connectivity index (χ2v) is 7.71. The number of guanidine groups is 1. The molecule has 0 atom stereocenters. The number of hydrogen-bond donors (Lipinski definition) is 2. The quantitative estimate of drug-likeness (QED) is 0.324. The van der Waals surface area contributed by atoms with Crippen LogP contribution in [0.25, 0.3) is 0 Å². The van der Waals surface area contributed by atoms with Crippen LogP contribution < -0.4 is 20.1 Å². The highest BCUT2D eigenvalue weighted by Crippen LogP contribution is 2.32. The number of benzene rings is 1. The highest BCUT2D eigenvalue weighted by molar-refractivity contribution is 14.0. The Kier molecular flexibility index (Phi) is 11.0. The van der Waals surface area contributed by atoms with E-state index in [0.29, 0.717) is 0 Å². The van der Waals surface area contributed by atoms with Crippen molar-refractivity contribution in [2.45, 2.75) is 38.5 Å². The first kappa shape index (κ1) is 24.8. The third-order valence-electron chi connectivity index (χ3n) is 5.26. The molecule has 0 saturated carbocycles. The van der Waals surface area contributed by atoms with E-state index in [2.05, 4.69) is 40.4 Å². The Morgan fingerprint density at radius 3 is 2.36 bits per heavy atom. The third kappa shape index (κ3) is 7.31. The predicted octanol–water partition coefficient (Wildman–Crippen LogP) is 3.25. The predicted molar refractivity (Wildman–Crippen MR) is 128 cm³/mol. The van der Waals surface area contributed by atoms with Gasteiger partial charge in [-0.1, -0.05) is 26.3 Å². The van der Waals surface area contributed by atoms with E-state index in [1.165, 1.54) is 37.9 Å². The van der Waals surface area contributed by atoms with Gasteiger partial charge in [-0.3, -0.25) is 4.99 Å². The summed E-state index contributed by atoms with van der Waals surface area (Å²) in [4.78, 5) is 6.88. The van der Waals surface area contributed by atoms with Gasteiger partial charge >= 0.3 is 0 Å². The largest absolute Gasteiger partial charge is 0.493 e. The van der Waals surface area contributed by atoms with E-state index >= 15 is 0 Å². The number of likely N-dealkylation sites (tertiary alicyclic amines) is 1. The molecule has 0 spiro atoms. The van der Waals surface area contributed by atoms with Crippen molar-refractivity contribution >= 4 is 29.9 Å². The number of nitrogens with one attached hydrogen (secondary N) is 2. The Bertz CT molecular complexity index is 616. The van der Waals surface area contributed by atoms with Crippen molar-refractivity contribution in [3.63, 3.8) is 0 Å². The Morgan fingerprint density at radius 1 is 1.07 bits per heavy atom. The molecule has 7 heteroatoms. The van der Waals surface area contributed by atoms with Crippen LogP contribution in [0.3, 0.4) is 0 Å². The monoisotopic (exact) mass is 504 g/mol. The van der Waals surface area contributed by atoms with Crippen LogP contribution in [0.5, 0.6) is 11.5 Å². The van der Waals surface area contributed by atoms with Gasteiger partial charge in [0.25, 0.3) is 0 Å². The maximum absolute atomic E-state index is 5.44. The van der Waals surface area contributed by atoms with E-state index in [-0.39, 0.29) is 29.4 Å². The summed E-state index contributed by atoms with van der Waals surface area (Å²) in [7, 11) is 5.14. The topological polar surface area (TPSA) is 58.1 Å². The first-order chi connectivity index (χ1) is 13.0. The van der Waals surface area contributed by atoms with Crippen molar-refractivity contribution < 1.29 is 9.47 Å². The minimum Gasteiger partial charge on any atom is -0.493 e. The maximum atomic E-state index is 5.44. The van der Waals surface area contributed by atoms with Gasteiger partial charge in [0.05, 0.1) is 14.2 Å². The van der Waals surface area contributed by atoms with Crippen LogP contribution in [-0.4, -0.2) is 64.9 Å². The zero-order valence-electron chi connectivity index (χ0n) is 18.0. The average Bonchev–Trinajstić information content (AvgIpc) is 2.70. The second-order valence-electron chi connectivity index (χ2n) is 7.71. The molecule has 1 fully saturated rings. The normalized spacial score (nSPS) is 15.5. The van der Waals surface area contributed by atoms with E-state index in [1.807, 2.05) is 19.2 Å². The van der Waals surface area contributed by atoms with Crippen LogP contribution in [0.15, 0.2) is 23.2 Å². The molecule has 2 N–H and O–H groups in total. The SMILES string of the molecule is CN=C(NCCN1CCCCC1)NCC(C)(C)c1ccc(OC)c(OC)c1.I. The van der Waals surface area contributed by atoms with Gasteiger partial charge in [0, 0.05) is 32.1 Å². The van der Waals surface area contributed by atoms with E-state index in [1.54, 1.807) is 14.2 Å². The van der Waals surface area contributed by atoms with E-state index < -0.39 is 0 Å². The molecular weight excluding hydrogens is 467 g/mol. The lowest BCUT2D eigenvalue weighted by Crippen LogP contribution is -2.46. The van der Waals surface area contributed by atoms with Gasteiger partial charge < -0.3 is 25.0 Å². The molecule has 2 rings (SSSR count). The van der Waals surface area contributed by atoms with Gasteiger partial charge in [0.1, 0.15) is 0 Å². The molecule has 0 bridgehead atoms. The lowest BCUT2D eigenvalue weighted by atomic mass is 9.84. The molecule has 6 nitrogen and oxygen atoms in total. The molecule has 1 aromatic rings. The van der Waals surface area contributed by atoms with Gasteiger partial charge in [-0.2, -0.15) is 0 Å². The lowest BCUT2D eigenvalue weighted by Gasteiger charge is -2.28. The first-order valence-corrected chi connectivity index (χ1v) is 9.89. The Hall–Kier alpha value is -1.22. The lowest BCUT2D eigenvalue weighted by molar-refractivity contribution is 0.232. The first-order valence-electron chi connectivity index (χ1n) is 9.89. The van der Waals surface area contributed by atoms with Crippen LogP contribution in [0.1, 0.15) is 38.7 Å². The van der Waals surface area contributed by atoms with Crippen molar-refractivity contribution in [2.24, 2.45) is 4.99 Å². The second kappa shape index (κ2) is 12.4. The van der Waals surface area contributed by atoms with Gasteiger partial charge in [-0.15, -0.1) is 24.0 Å². The molecule has 0 amide bonds. The Labute approximate surface area is 187 Å². The summed E-state index contributed by atoms with van der Waals surface area (Å²) in [5, 5.41) is 6.89. The number of ether oxygens (including phenoxy) is 2. The smallest absolute Gasteiger partial charge is 0.191 e. The summed E-state index contributed by atoms with van der Waals surface area (Å²) in [5.41, 5.74) is 1.11. The van der Waals surface area contributed by atoms with Crippen molar-refractivity contribution in [3.05, 3.63) is 23.8 Å². The summed E-state index contributed by atoms with van der Waals surface area (Å²) in [6.45, 7) is 9.62. The molecule has 0 unspecified atom stereocenters. The maximum Gasteiger partial charge on any atom is 0.191 e. The third-order valence-corrected chi connectivity index (χ3v) is 5.26. The number of hydrogen-bond acceptors (Lipinski definition) is 4. The van der Waals surface area contributed by atoms with Crippen LogP contribution in [0.4, 0.5) is 0 Å². The van der Waals surface area contributed by atoms with Crippen molar-refractivity contribution in [1.82, 2.24) is 15.5 Å². The van der Waals surface area contributed by atoms with Crippen LogP contribution in [0, 0.1) is 0 Å². The van der Waals surface area contributed by atoms with E-state index in [9.17, 15) is 0 Å².